The van der Waals surface area contributed by atoms with Crippen molar-refractivity contribution >= 4 is 22.6 Å². The van der Waals surface area contributed by atoms with E-state index in [2.05, 4.69) is 52.1 Å². The van der Waals surface area contributed by atoms with E-state index in [4.69, 9.17) is 4.74 Å². The third-order valence-corrected chi connectivity index (χ3v) is 7.62. The number of likely N-dealkylation sites (N-methyl/N-ethyl adjacent to an activating group) is 1. The zero-order chi connectivity index (χ0) is 26.8. The van der Waals surface area contributed by atoms with Crippen LogP contribution in [0.25, 0.3) is 22.0 Å². The molecule has 2 N–H and O–H groups in total. The molecule has 2 aromatic carbocycles. The van der Waals surface area contributed by atoms with Crippen molar-refractivity contribution in [2.45, 2.75) is 44.6 Å². The largest absolute Gasteiger partial charge is 0.462 e. The molecule has 2 atom stereocenters. The van der Waals surface area contributed by atoms with Gasteiger partial charge in [0.25, 0.3) is 5.91 Å². The van der Waals surface area contributed by atoms with Crippen molar-refractivity contribution in [3.05, 3.63) is 59.7 Å². The number of hydrogen-bond acceptors (Lipinski definition) is 6. The van der Waals surface area contributed by atoms with Gasteiger partial charge in [-0.1, -0.05) is 31.7 Å². The first-order chi connectivity index (χ1) is 18.3. The van der Waals surface area contributed by atoms with Crippen LogP contribution in [0.15, 0.2) is 42.7 Å². The van der Waals surface area contributed by atoms with Gasteiger partial charge in [0.05, 0.1) is 5.52 Å². The van der Waals surface area contributed by atoms with Crippen molar-refractivity contribution in [2.24, 2.45) is 0 Å². The number of amides is 1. The first-order valence-corrected chi connectivity index (χ1v) is 13.1. The number of fused-ring (bicyclic) bond motifs is 2. The predicted molar refractivity (Wildman–Crippen MR) is 145 cm³/mol. The molecular formula is C29H33F2N5O2. The summed E-state index contributed by atoms with van der Waals surface area (Å²) in [6.07, 6.45) is 4.21. The van der Waals surface area contributed by atoms with E-state index >= 15 is 4.39 Å². The summed E-state index contributed by atoms with van der Waals surface area (Å²) in [6, 6.07) is 9.77. The van der Waals surface area contributed by atoms with Gasteiger partial charge in [-0.25, -0.2) is 8.78 Å². The van der Waals surface area contributed by atoms with Crippen LogP contribution in [0.1, 0.15) is 43.2 Å². The van der Waals surface area contributed by atoms with E-state index in [9.17, 15) is 9.18 Å². The summed E-state index contributed by atoms with van der Waals surface area (Å²) in [7, 11) is 2.07. The van der Waals surface area contributed by atoms with Gasteiger partial charge in [-0.15, -0.1) is 0 Å². The summed E-state index contributed by atoms with van der Waals surface area (Å²) >= 11 is 0. The van der Waals surface area contributed by atoms with Gasteiger partial charge in [-0.2, -0.15) is 9.97 Å². The normalized spacial score (nSPS) is 18.9. The molecule has 1 aliphatic heterocycles. The Morgan fingerprint density at radius 1 is 1.21 bits per heavy atom. The highest BCUT2D eigenvalue weighted by molar-refractivity contribution is 5.93. The van der Waals surface area contributed by atoms with E-state index in [1.54, 1.807) is 6.07 Å². The molecular weight excluding hydrogens is 488 g/mol. The lowest BCUT2D eigenvalue weighted by atomic mass is 9.91. The number of benzene rings is 2. The number of ether oxygens (including phenoxy) is 1. The van der Waals surface area contributed by atoms with E-state index in [0.29, 0.717) is 34.8 Å². The number of likely N-dealkylation sites (tertiary alicyclic amines) is 1. The molecule has 38 heavy (non-hydrogen) atoms. The van der Waals surface area contributed by atoms with Crippen LogP contribution in [0.5, 0.6) is 6.01 Å². The van der Waals surface area contributed by atoms with Crippen LogP contribution >= 0.6 is 0 Å². The van der Waals surface area contributed by atoms with Gasteiger partial charge in [0.15, 0.2) is 5.83 Å². The Morgan fingerprint density at radius 3 is 2.82 bits per heavy atom. The third-order valence-electron chi connectivity index (χ3n) is 7.62. The van der Waals surface area contributed by atoms with Gasteiger partial charge in [-0.3, -0.25) is 4.79 Å². The molecule has 1 aliphatic carbocycles. The van der Waals surface area contributed by atoms with E-state index in [0.717, 1.165) is 37.8 Å². The van der Waals surface area contributed by atoms with Crippen molar-refractivity contribution in [1.82, 2.24) is 20.2 Å². The van der Waals surface area contributed by atoms with Crippen LogP contribution in [-0.4, -0.2) is 60.1 Å². The number of aromatic nitrogens is 2. The van der Waals surface area contributed by atoms with Crippen LogP contribution in [-0.2, 0) is 11.2 Å². The topological polar surface area (TPSA) is 79.4 Å². The molecule has 1 amide bonds. The fraction of sp³-hybridized carbons (Fsp3) is 0.414. The molecule has 2 aliphatic rings. The Morgan fingerprint density at radius 2 is 2.05 bits per heavy atom. The lowest BCUT2D eigenvalue weighted by Crippen LogP contribution is -2.31. The molecule has 5 rings (SSSR count). The number of carbonyl (C=O) groups is 1. The maximum Gasteiger partial charge on any atom is 0.318 e. The quantitative estimate of drug-likeness (QED) is 0.306. The van der Waals surface area contributed by atoms with Gasteiger partial charge >= 0.3 is 6.01 Å². The molecule has 1 saturated heterocycles. The molecule has 1 aromatic heterocycles. The first-order valence-electron chi connectivity index (χ1n) is 13.1. The molecule has 3 aromatic rings. The van der Waals surface area contributed by atoms with Crippen LogP contribution in [0, 0.1) is 5.82 Å². The van der Waals surface area contributed by atoms with Gasteiger partial charge in [0.1, 0.15) is 18.2 Å². The number of halogens is 2. The Labute approximate surface area is 221 Å². The summed E-state index contributed by atoms with van der Waals surface area (Å²) in [5, 5.41) is 6.04. The van der Waals surface area contributed by atoms with Crippen molar-refractivity contribution in [3.63, 3.8) is 0 Å². The van der Waals surface area contributed by atoms with E-state index in [1.807, 2.05) is 12.1 Å². The minimum absolute atomic E-state index is 0.130. The van der Waals surface area contributed by atoms with Crippen molar-refractivity contribution in [2.75, 3.05) is 38.6 Å². The average molecular weight is 522 g/mol. The maximum atomic E-state index is 15.6. The second-order valence-electron chi connectivity index (χ2n) is 10.2. The predicted octanol–water partition coefficient (Wildman–Crippen LogP) is 4.97. The molecule has 0 spiro atoms. The summed E-state index contributed by atoms with van der Waals surface area (Å²) < 4.78 is 34.6. The highest BCUT2D eigenvalue weighted by Gasteiger charge is 2.25. The standard InChI is InChI=1S/C29H33F2N5O2/c1-17-9-10-19-6-4-8-21(26(17)19)22-15-25-23(14-24(22)31)27(32-11-12-33-28(37)18(2)30)35-29(34-25)38-16-20-7-5-13-36(20)3/h4,6,8,14-15,17,20H,2,5,7,9-13,16H2,1,3H3,(H,33,37)(H,32,34,35)/t17?,20-/m0/s1. The lowest BCUT2D eigenvalue weighted by Gasteiger charge is -2.19. The molecule has 7 nitrogen and oxygen atoms in total. The monoisotopic (exact) mass is 521 g/mol. The number of nitrogens with one attached hydrogen (secondary N) is 2. The molecule has 2 heterocycles. The Balaban J connectivity index is 1.48. The highest BCUT2D eigenvalue weighted by atomic mass is 19.1. The molecule has 0 saturated carbocycles. The number of rotatable bonds is 9. The van der Waals surface area contributed by atoms with Crippen molar-refractivity contribution in [1.29, 1.82) is 0 Å². The summed E-state index contributed by atoms with van der Waals surface area (Å²) in [6.45, 7) is 7.02. The lowest BCUT2D eigenvalue weighted by molar-refractivity contribution is -0.118. The number of anilines is 1. The SMILES string of the molecule is C=C(F)C(=O)NCCNc1nc(OC[C@@H]2CCCN2C)nc2cc(-c3cccc4c3C(C)CC4)c(F)cc12. The number of aryl methyl sites for hydroxylation is 1. The number of carbonyl (C=O) groups excluding carboxylic acids is 1. The molecule has 200 valence electrons. The van der Waals surface area contributed by atoms with Gasteiger partial charge in [-0.05, 0) is 74.0 Å². The number of nitrogens with zero attached hydrogens (tertiary/aromatic N) is 3. The van der Waals surface area contributed by atoms with E-state index in [1.165, 1.54) is 17.2 Å². The Hall–Kier alpha value is -3.59. The minimum atomic E-state index is -1.05. The first kappa shape index (κ1) is 26.0. The second kappa shape index (κ2) is 11.0. The molecule has 9 heteroatoms. The fourth-order valence-electron chi connectivity index (χ4n) is 5.51. The van der Waals surface area contributed by atoms with Crippen LogP contribution in [0.2, 0.25) is 0 Å². The Kier molecular flexibility index (Phi) is 7.56. The van der Waals surface area contributed by atoms with Crippen LogP contribution < -0.4 is 15.4 Å². The summed E-state index contributed by atoms with van der Waals surface area (Å²) in [5.41, 5.74) is 4.41. The molecule has 0 radical (unpaired) electrons. The van der Waals surface area contributed by atoms with Crippen LogP contribution in [0.3, 0.4) is 0 Å². The third kappa shape index (κ3) is 5.34. The molecule has 1 fully saturated rings. The zero-order valence-electron chi connectivity index (χ0n) is 21.8. The molecule has 1 unspecified atom stereocenters. The molecule has 0 bridgehead atoms. The van der Waals surface area contributed by atoms with Crippen molar-refractivity contribution < 1.29 is 18.3 Å². The summed E-state index contributed by atoms with van der Waals surface area (Å²) in [5.74, 6) is -1.54. The van der Waals surface area contributed by atoms with Crippen LogP contribution in [0.4, 0.5) is 14.6 Å². The highest BCUT2D eigenvalue weighted by Crippen LogP contribution is 2.41. The van der Waals surface area contributed by atoms with Gasteiger partial charge in [0.2, 0.25) is 0 Å². The maximum absolute atomic E-state index is 15.6. The summed E-state index contributed by atoms with van der Waals surface area (Å²) in [4.78, 5) is 22.9. The Bertz CT molecular complexity index is 1380. The van der Waals surface area contributed by atoms with E-state index < -0.39 is 11.7 Å². The smallest absolute Gasteiger partial charge is 0.318 e. The van der Waals surface area contributed by atoms with Gasteiger partial charge < -0.3 is 20.3 Å². The van der Waals surface area contributed by atoms with E-state index in [-0.39, 0.29) is 31.0 Å². The fourth-order valence-corrected chi connectivity index (χ4v) is 5.51. The van der Waals surface area contributed by atoms with Gasteiger partial charge in [0, 0.05) is 30.1 Å². The average Bonchev–Trinajstić information content (AvgIpc) is 3.49. The minimum Gasteiger partial charge on any atom is -0.462 e. The number of hydrogen-bond donors (Lipinski definition) is 2. The zero-order valence-corrected chi connectivity index (χ0v) is 21.8. The second-order valence-corrected chi connectivity index (χ2v) is 10.2. The van der Waals surface area contributed by atoms with Crippen molar-refractivity contribution in [3.8, 4) is 17.1 Å².